The third-order valence-corrected chi connectivity index (χ3v) is 2.20. The van der Waals surface area contributed by atoms with E-state index < -0.39 is 17.6 Å². The number of aryl methyl sites for hydroxylation is 1. The van der Waals surface area contributed by atoms with Crippen molar-refractivity contribution < 1.29 is 18.4 Å². The van der Waals surface area contributed by atoms with Crippen molar-refractivity contribution in [3.63, 3.8) is 0 Å². The van der Waals surface area contributed by atoms with Crippen molar-refractivity contribution in [3.8, 4) is 0 Å². The Morgan fingerprint density at radius 2 is 2.26 bits per heavy atom. The van der Waals surface area contributed by atoms with Crippen LogP contribution >= 0.6 is 0 Å². The molecule has 0 N–H and O–H groups in total. The Balaban J connectivity index is 2.02. The maximum Gasteiger partial charge on any atom is 0.385 e. The average molecular weight is 265 g/mol. The quantitative estimate of drug-likeness (QED) is 0.484. The minimum atomic E-state index is -0.794. The molecule has 0 bridgehead atoms. The fourth-order valence-electron chi connectivity index (χ4n) is 1.30. The van der Waals surface area contributed by atoms with Crippen LogP contribution in [0.15, 0.2) is 35.9 Å². The number of carbonyl (C=O) groups excluding carboxylic acids is 1. The number of aromatic nitrogens is 2. The Bertz CT molecular complexity index is 638. The Kier molecular flexibility index (Phi) is 3.65. The van der Waals surface area contributed by atoms with Gasteiger partial charge >= 0.3 is 5.97 Å². The smallest absolute Gasteiger partial charge is 0.340 e. The highest BCUT2D eigenvalue weighted by atomic mass is 19.1. The van der Waals surface area contributed by atoms with E-state index in [4.69, 9.17) is 0 Å². The number of hydrogen-bond acceptors (Lipinski definition) is 4. The lowest BCUT2D eigenvalue weighted by molar-refractivity contribution is 0.0512. The lowest BCUT2D eigenvalue weighted by Crippen LogP contribution is -2.01. The van der Waals surface area contributed by atoms with Crippen molar-refractivity contribution in [2.24, 2.45) is 12.2 Å². The van der Waals surface area contributed by atoms with Gasteiger partial charge in [-0.2, -0.15) is 0 Å². The summed E-state index contributed by atoms with van der Waals surface area (Å²) in [5.41, 5.74) is 0.0921. The Morgan fingerprint density at radius 1 is 1.47 bits per heavy atom. The first-order chi connectivity index (χ1) is 9.06. The van der Waals surface area contributed by atoms with Gasteiger partial charge in [-0.05, 0) is 12.1 Å². The number of hydrogen-bond donors (Lipinski definition) is 0. The molecule has 0 aliphatic carbocycles. The van der Waals surface area contributed by atoms with Gasteiger partial charge in [0.25, 0.3) is 0 Å². The average Bonchev–Trinajstić information content (AvgIpc) is 2.78. The third kappa shape index (κ3) is 3.21. The van der Waals surface area contributed by atoms with Gasteiger partial charge in [0.05, 0.1) is 12.5 Å². The zero-order valence-corrected chi connectivity index (χ0v) is 9.88. The first-order valence-corrected chi connectivity index (χ1v) is 5.24. The van der Waals surface area contributed by atoms with Crippen molar-refractivity contribution in [1.29, 1.82) is 0 Å². The maximum atomic E-state index is 13.2. The van der Waals surface area contributed by atoms with Crippen LogP contribution in [-0.4, -0.2) is 21.7 Å². The van der Waals surface area contributed by atoms with Crippen LogP contribution < -0.4 is 0 Å². The van der Waals surface area contributed by atoms with Crippen molar-refractivity contribution >= 4 is 12.2 Å². The summed E-state index contributed by atoms with van der Waals surface area (Å²) >= 11 is 0. The molecule has 0 radical (unpaired) electrons. The molecule has 0 aliphatic heterocycles. The second-order valence-electron chi connectivity index (χ2n) is 3.70. The van der Waals surface area contributed by atoms with Gasteiger partial charge in [-0.3, -0.25) is 0 Å². The minimum absolute atomic E-state index is 0.00946. The molecule has 1 aromatic carbocycles. The molecular formula is C12H9F2N3O2. The molecule has 0 unspecified atom stereocenters. The number of imidazole rings is 1. The van der Waals surface area contributed by atoms with E-state index in [9.17, 15) is 13.6 Å². The van der Waals surface area contributed by atoms with Crippen molar-refractivity contribution in [2.75, 3.05) is 0 Å². The van der Waals surface area contributed by atoms with Crippen LogP contribution in [0.3, 0.4) is 0 Å². The van der Waals surface area contributed by atoms with Crippen molar-refractivity contribution in [1.82, 2.24) is 9.55 Å². The summed E-state index contributed by atoms with van der Waals surface area (Å²) in [6.07, 6.45) is 3.87. The van der Waals surface area contributed by atoms with Gasteiger partial charge in [0.1, 0.15) is 11.6 Å². The molecule has 1 aromatic heterocycles. The SMILES string of the molecule is Cn1cnc(C(=O)ON=Cc2ccc(F)cc2F)c1. The topological polar surface area (TPSA) is 56.5 Å². The minimum Gasteiger partial charge on any atom is -0.340 e. The molecule has 2 aromatic rings. The Morgan fingerprint density at radius 3 is 2.89 bits per heavy atom. The van der Waals surface area contributed by atoms with Crippen molar-refractivity contribution in [2.45, 2.75) is 0 Å². The molecule has 19 heavy (non-hydrogen) atoms. The predicted molar refractivity (Wildman–Crippen MR) is 62.6 cm³/mol. The molecule has 5 nitrogen and oxygen atoms in total. The molecule has 0 amide bonds. The van der Waals surface area contributed by atoms with E-state index in [-0.39, 0.29) is 11.3 Å². The molecule has 1 heterocycles. The highest BCUT2D eigenvalue weighted by Crippen LogP contribution is 2.07. The first kappa shape index (κ1) is 12.9. The standard InChI is InChI=1S/C12H9F2N3O2/c1-17-6-11(15-7-17)12(18)19-16-5-8-2-3-9(13)4-10(8)14/h2-7H,1H3. The van der Waals surface area contributed by atoms with Crippen LogP contribution in [0, 0.1) is 11.6 Å². The molecule has 2 rings (SSSR count). The lowest BCUT2D eigenvalue weighted by Gasteiger charge is -1.96. The molecule has 0 spiro atoms. The number of benzene rings is 1. The zero-order chi connectivity index (χ0) is 13.8. The fourth-order valence-corrected chi connectivity index (χ4v) is 1.30. The monoisotopic (exact) mass is 265 g/mol. The molecule has 0 saturated heterocycles. The molecular weight excluding hydrogens is 256 g/mol. The predicted octanol–water partition coefficient (Wildman–Crippen LogP) is 1.89. The number of oxime groups is 1. The molecule has 0 atom stereocenters. The number of carbonyl (C=O) groups is 1. The molecule has 98 valence electrons. The van der Waals surface area contributed by atoms with E-state index in [1.54, 1.807) is 11.6 Å². The van der Waals surface area contributed by atoms with Crippen LogP contribution in [-0.2, 0) is 11.9 Å². The van der Waals surface area contributed by atoms with E-state index in [1.807, 2.05) is 0 Å². The summed E-state index contributed by atoms with van der Waals surface area (Å²) in [4.78, 5) is 19.7. The van der Waals surface area contributed by atoms with Gasteiger partial charge < -0.3 is 9.40 Å². The number of rotatable bonds is 3. The summed E-state index contributed by atoms with van der Waals surface area (Å²) in [6, 6.07) is 2.97. The van der Waals surface area contributed by atoms with Crippen LogP contribution in [0.2, 0.25) is 0 Å². The van der Waals surface area contributed by atoms with Crippen LogP contribution in [0.4, 0.5) is 8.78 Å². The highest BCUT2D eigenvalue weighted by molar-refractivity contribution is 5.87. The van der Waals surface area contributed by atoms with E-state index >= 15 is 0 Å². The van der Waals surface area contributed by atoms with E-state index in [2.05, 4.69) is 15.0 Å². The van der Waals surface area contributed by atoms with E-state index in [0.29, 0.717) is 6.07 Å². The lowest BCUT2D eigenvalue weighted by atomic mass is 10.2. The molecule has 0 aliphatic rings. The largest absolute Gasteiger partial charge is 0.385 e. The summed E-state index contributed by atoms with van der Waals surface area (Å²) in [5.74, 6) is -2.25. The first-order valence-electron chi connectivity index (χ1n) is 5.24. The molecule has 0 saturated carbocycles. The second kappa shape index (κ2) is 5.38. The van der Waals surface area contributed by atoms with Gasteiger partial charge in [-0.15, -0.1) is 0 Å². The maximum absolute atomic E-state index is 13.2. The number of halogens is 2. The third-order valence-electron chi connectivity index (χ3n) is 2.20. The normalized spacial score (nSPS) is 10.9. The van der Waals surface area contributed by atoms with Gasteiger partial charge in [-0.1, -0.05) is 5.16 Å². The molecule has 0 fully saturated rings. The van der Waals surface area contributed by atoms with Gasteiger partial charge in [-0.25, -0.2) is 18.6 Å². The summed E-state index contributed by atoms with van der Waals surface area (Å²) < 4.78 is 27.4. The second-order valence-corrected chi connectivity index (χ2v) is 3.70. The fraction of sp³-hybridized carbons (Fsp3) is 0.0833. The van der Waals surface area contributed by atoms with Gasteiger partial charge in [0, 0.05) is 24.9 Å². The molecule has 7 heteroatoms. The van der Waals surface area contributed by atoms with E-state index in [1.165, 1.54) is 18.6 Å². The zero-order valence-electron chi connectivity index (χ0n) is 9.88. The number of nitrogens with zero attached hydrogens (tertiary/aromatic N) is 3. The van der Waals surface area contributed by atoms with Crippen LogP contribution in [0.5, 0.6) is 0 Å². The highest BCUT2D eigenvalue weighted by Gasteiger charge is 2.09. The van der Waals surface area contributed by atoms with E-state index in [0.717, 1.165) is 12.3 Å². The van der Waals surface area contributed by atoms with Crippen molar-refractivity contribution in [3.05, 3.63) is 53.6 Å². The summed E-state index contributed by atoms with van der Waals surface area (Å²) in [7, 11) is 1.70. The van der Waals surface area contributed by atoms with Gasteiger partial charge in [0.2, 0.25) is 0 Å². The summed E-state index contributed by atoms with van der Waals surface area (Å²) in [5, 5.41) is 3.33. The Hall–Kier alpha value is -2.57. The van der Waals surface area contributed by atoms with Crippen LogP contribution in [0.1, 0.15) is 16.1 Å². The van der Waals surface area contributed by atoms with Crippen LogP contribution in [0.25, 0.3) is 0 Å². The van der Waals surface area contributed by atoms with Gasteiger partial charge in [0.15, 0.2) is 5.69 Å². The summed E-state index contributed by atoms with van der Waals surface area (Å²) in [6.45, 7) is 0. The Labute approximate surface area is 107 Å².